The Morgan fingerprint density at radius 2 is 0.607 bits per heavy atom. The number of primary amides is 2. The molecule has 0 bridgehead atoms. The molecule has 4 fully saturated rings. The van der Waals surface area contributed by atoms with Crippen molar-refractivity contribution >= 4 is 47.6 Å². The highest BCUT2D eigenvalue weighted by atomic mass is 16.4. The third-order valence-corrected chi connectivity index (χ3v) is 8.86. The molecule has 0 unspecified atom stereocenters. The number of carbonyl (C=O) groups is 8. The number of nitrogens with zero attached hydrogens (tertiary/aromatic N) is 4. The molecule has 2 aliphatic carbocycles. The van der Waals surface area contributed by atoms with E-state index in [-0.39, 0.29) is 11.8 Å². The van der Waals surface area contributed by atoms with Crippen LogP contribution in [0.5, 0.6) is 0 Å². The minimum atomic E-state index is -1.26. The van der Waals surface area contributed by atoms with Gasteiger partial charge in [-0.15, -0.1) is 0 Å². The van der Waals surface area contributed by atoms with E-state index in [2.05, 4.69) is 19.6 Å². The van der Waals surface area contributed by atoms with Gasteiger partial charge in [-0.25, -0.2) is 28.8 Å². The number of hydrogen-bond acceptors (Lipinski definition) is 12. The SMILES string of the molecule is NC(=O)CN1CCN(C2CCCCC2)CC1.NC(=O)CN1CCN(C2CCCCC2)CC1.O=C(O)/C=C/C(=O)O.O=C(O)/C=C/C(=O)O.O=C(O)/C=C/C(=O)O. The third kappa shape index (κ3) is 29.2. The van der Waals surface area contributed by atoms with Gasteiger partial charge in [0, 0.05) is 101 Å². The maximum Gasteiger partial charge on any atom is 0.328 e. The molecule has 2 aliphatic heterocycles. The van der Waals surface area contributed by atoms with E-state index in [4.69, 9.17) is 42.1 Å². The first kappa shape index (κ1) is 50.8. The minimum absolute atomic E-state index is 0.203. The fraction of sp³-hybridized carbons (Fsp3) is 0.611. The Balaban J connectivity index is 0.000000708. The molecule has 0 radical (unpaired) electrons. The van der Waals surface area contributed by atoms with Gasteiger partial charge in [-0.2, -0.15) is 0 Å². The van der Waals surface area contributed by atoms with Gasteiger partial charge in [-0.1, -0.05) is 38.5 Å². The molecule has 0 aromatic rings. The first-order valence-electron chi connectivity index (χ1n) is 18.3. The van der Waals surface area contributed by atoms with Gasteiger partial charge in [0.05, 0.1) is 13.1 Å². The predicted octanol–water partition coefficient (Wildman–Crippen LogP) is -0.0206. The van der Waals surface area contributed by atoms with E-state index in [1.165, 1.54) is 64.2 Å². The molecule has 4 aliphatic rings. The molecule has 0 aromatic heterocycles. The molecule has 20 heteroatoms. The molecular formula is C36H58N6O14. The van der Waals surface area contributed by atoms with Crippen LogP contribution in [0.1, 0.15) is 64.2 Å². The van der Waals surface area contributed by atoms with Crippen molar-refractivity contribution < 1.29 is 69.0 Å². The van der Waals surface area contributed by atoms with Gasteiger partial charge in [-0.05, 0) is 25.7 Å². The molecule has 0 atom stereocenters. The van der Waals surface area contributed by atoms with Gasteiger partial charge in [0.15, 0.2) is 0 Å². The number of carbonyl (C=O) groups excluding carboxylic acids is 2. The molecule has 2 amide bonds. The Morgan fingerprint density at radius 1 is 0.393 bits per heavy atom. The molecule has 2 saturated heterocycles. The quantitative estimate of drug-likeness (QED) is 0.120. The molecule has 0 spiro atoms. The molecule has 20 nitrogen and oxygen atoms in total. The lowest BCUT2D eigenvalue weighted by molar-refractivity contribution is -0.134. The van der Waals surface area contributed by atoms with E-state index in [0.29, 0.717) is 49.5 Å². The molecular weight excluding hydrogens is 740 g/mol. The lowest BCUT2D eigenvalue weighted by Crippen LogP contribution is -2.52. The summed E-state index contributed by atoms with van der Waals surface area (Å²) in [5.74, 6) is -7.95. The van der Waals surface area contributed by atoms with Crippen molar-refractivity contribution in [3.05, 3.63) is 36.5 Å². The summed E-state index contributed by atoms with van der Waals surface area (Å²) in [6.45, 7) is 9.29. The highest BCUT2D eigenvalue weighted by Crippen LogP contribution is 2.24. The molecule has 4 rings (SSSR count). The Morgan fingerprint density at radius 3 is 0.786 bits per heavy atom. The van der Waals surface area contributed by atoms with Gasteiger partial charge >= 0.3 is 35.8 Å². The van der Waals surface area contributed by atoms with Crippen molar-refractivity contribution in [2.24, 2.45) is 11.5 Å². The first-order valence-corrected chi connectivity index (χ1v) is 18.3. The summed E-state index contributed by atoms with van der Waals surface area (Å²) in [5, 5.41) is 46.9. The van der Waals surface area contributed by atoms with E-state index in [1.807, 2.05) is 0 Å². The molecule has 2 heterocycles. The van der Waals surface area contributed by atoms with E-state index >= 15 is 0 Å². The van der Waals surface area contributed by atoms with Crippen LogP contribution in [0.4, 0.5) is 0 Å². The monoisotopic (exact) mass is 798 g/mol. The summed E-state index contributed by atoms with van der Waals surface area (Å²) in [7, 11) is 0. The number of carboxylic acid groups (broad SMARTS) is 6. The summed E-state index contributed by atoms with van der Waals surface area (Å²) >= 11 is 0. The van der Waals surface area contributed by atoms with Gasteiger partial charge in [0.1, 0.15) is 0 Å². The van der Waals surface area contributed by atoms with Crippen LogP contribution in [-0.4, -0.2) is 175 Å². The number of piperazine rings is 2. The Kier molecular flexibility index (Phi) is 27.3. The van der Waals surface area contributed by atoms with Crippen molar-refractivity contribution in [2.75, 3.05) is 65.4 Å². The van der Waals surface area contributed by atoms with Crippen LogP contribution in [0.3, 0.4) is 0 Å². The van der Waals surface area contributed by atoms with Crippen molar-refractivity contribution in [3.63, 3.8) is 0 Å². The molecule has 0 aromatic carbocycles. The van der Waals surface area contributed by atoms with Gasteiger partial charge in [-0.3, -0.25) is 29.2 Å². The summed E-state index contributed by atoms with van der Waals surface area (Å²) in [4.78, 5) is 88.5. The zero-order valence-corrected chi connectivity index (χ0v) is 31.7. The third-order valence-electron chi connectivity index (χ3n) is 8.86. The average molecular weight is 799 g/mol. The summed E-state index contributed by atoms with van der Waals surface area (Å²) in [6.07, 6.45) is 17.2. The fourth-order valence-electron chi connectivity index (χ4n) is 6.33. The number of rotatable bonds is 12. The summed E-state index contributed by atoms with van der Waals surface area (Å²) in [6, 6.07) is 1.62. The maximum atomic E-state index is 10.8. The lowest BCUT2D eigenvalue weighted by atomic mass is 9.94. The van der Waals surface area contributed by atoms with Crippen molar-refractivity contribution in [2.45, 2.75) is 76.3 Å². The molecule has 2 saturated carbocycles. The van der Waals surface area contributed by atoms with Crippen LogP contribution in [0.15, 0.2) is 36.5 Å². The number of nitrogens with two attached hydrogens (primary N) is 2. The van der Waals surface area contributed by atoms with Gasteiger partial charge in [0.25, 0.3) is 0 Å². The molecule has 56 heavy (non-hydrogen) atoms. The van der Waals surface area contributed by atoms with Gasteiger partial charge in [0.2, 0.25) is 11.8 Å². The van der Waals surface area contributed by atoms with E-state index in [9.17, 15) is 38.4 Å². The average Bonchev–Trinajstić information content (AvgIpc) is 3.14. The zero-order valence-electron chi connectivity index (χ0n) is 31.7. The van der Waals surface area contributed by atoms with Crippen LogP contribution in [0.25, 0.3) is 0 Å². The van der Waals surface area contributed by atoms with E-state index < -0.39 is 35.8 Å². The van der Waals surface area contributed by atoms with Crippen LogP contribution in [0.2, 0.25) is 0 Å². The Bertz CT molecular complexity index is 1160. The van der Waals surface area contributed by atoms with Crippen LogP contribution >= 0.6 is 0 Å². The second-order valence-electron chi connectivity index (χ2n) is 13.2. The largest absolute Gasteiger partial charge is 0.478 e. The standard InChI is InChI=1S/2C12H23N3O.3C4H4O4/c2*13-12(16)10-14-6-8-15(9-7-14)11-4-2-1-3-5-11;3*5-3(6)1-2-4(7)8/h2*11H,1-10H2,(H2,13,16);3*1-2H,(H,5,6)(H,7,8)/b;;3*2-1+. The maximum absolute atomic E-state index is 10.8. The van der Waals surface area contributed by atoms with Crippen molar-refractivity contribution in [3.8, 4) is 0 Å². The predicted molar refractivity (Wildman–Crippen MR) is 201 cm³/mol. The second kappa shape index (κ2) is 30.1. The van der Waals surface area contributed by atoms with Gasteiger partial charge < -0.3 is 42.1 Å². The van der Waals surface area contributed by atoms with Crippen molar-refractivity contribution in [1.29, 1.82) is 0 Å². The van der Waals surface area contributed by atoms with Crippen LogP contribution in [-0.2, 0) is 38.4 Å². The lowest BCUT2D eigenvalue weighted by Gasteiger charge is -2.40. The fourth-order valence-corrected chi connectivity index (χ4v) is 6.33. The van der Waals surface area contributed by atoms with Crippen molar-refractivity contribution in [1.82, 2.24) is 19.6 Å². The van der Waals surface area contributed by atoms with Crippen LogP contribution < -0.4 is 11.5 Å². The second-order valence-corrected chi connectivity index (χ2v) is 13.2. The van der Waals surface area contributed by atoms with Crippen LogP contribution in [0, 0.1) is 0 Å². The minimum Gasteiger partial charge on any atom is -0.478 e. The number of hydrogen-bond donors (Lipinski definition) is 8. The number of carboxylic acids is 6. The smallest absolute Gasteiger partial charge is 0.328 e. The Hall–Kier alpha value is -5.18. The normalized spacial score (nSPS) is 18.8. The summed E-state index contributed by atoms with van der Waals surface area (Å²) < 4.78 is 0. The highest BCUT2D eigenvalue weighted by Gasteiger charge is 2.26. The zero-order chi connectivity index (χ0) is 42.5. The summed E-state index contributed by atoms with van der Waals surface area (Å²) in [5.41, 5.74) is 10.4. The topological polar surface area (TPSA) is 323 Å². The highest BCUT2D eigenvalue weighted by molar-refractivity contribution is 5.90. The number of amides is 2. The first-order chi connectivity index (χ1) is 26.4. The molecule has 10 N–H and O–H groups in total. The Labute approximate surface area is 325 Å². The van der Waals surface area contributed by atoms with E-state index in [0.717, 1.165) is 64.4 Å². The molecule has 316 valence electrons. The number of aliphatic carboxylic acids is 6. The van der Waals surface area contributed by atoms with E-state index in [1.54, 1.807) is 0 Å².